The molecule has 0 aliphatic rings. The number of nitrogens with zero attached hydrogens (tertiary/aromatic N) is 2. The maximum absolute atomic E-state index is 13.9. The molecular weight excluding hydrogens is 499 g/mol. The maximum atomic E-state index is 13.9. The number of sulfonamides is 1. The molecule has 3 aromatic carbocycles. The van der Waals surface area contributed by atoms with E-state index in [0.717, 1.165) is 15.9 Å². The van der Waals surface area contributed by atoms with Gasteiger partial charge in [0.2, 0.25) is 0 Å². The Bertz CT molecular complexity index is 1390. The Balaban J connectivity index is 1.88. The van der Waals surface area contributed by atoms with E-state index in [1.54, 1.807) is 24.0 Å². The molecule has 7 heteroatoms. The minimum Gasteiger partial charge on any atom is -0.293 e. The lowest BCUT2D eigenvalue weighted by Gasteiger charge is -2.29. The standard InChI is InChI=1S/C30H29N2O3PS/c1-2-3-23-32(37(34,35)30-21-13-14-22-31-30)24-26(33)25-36(27-15-7-4-8-16-27,28-17-9-5-10-18-28)29-19-11-6-12-20-29/h2,4-22,25H,1,3,23-24H2. The van der Waals surface area contributed by atoms with Crippen LogP contribution in [0.3, 0.4) is 0 Å². The fourth-order valence-corrected chi connectivity index (χ4v) is 9.38. The summed E-state index contributed by atoms with van der Waals surface area (Å²) in [7, 11) is -3.97. The van der Waals surface area contributed by atoms with Gasteiger partial charge in [0.25, 0.3) is 10.0 Å². The van der Waals surface area contributed by atoms with Gasteiger partial charge in [0, 0.05) is 12.7 Å². The van der Waals surface area contributed by atoms with Crippen molar-refractivity contribution < 1.29 is 13.2 Å². The van der Waals surface area contributed by atoms with E-state index in [1.165, 1.54) is 16.6 Å². The summed E-state index contributed by atoms with van der Waals surface area (Å²) in [5, 5.41) is 2.98. The molecule has 0 radical (unpaired) electrons. The highest BCUT2D eigenvalue weighted by Crippen LogP contribution is 2.43. The molecule has 37 heavy (non-hydrogen) atoms. The number of Topliss-reactive ketones (excluding diaryl/α,β-unsaturated/α-hetero) is 1. The van der Waals surface area contributed by atoms with Gasteiger partial charge in [-0.05, 0) is 47.1 Å². The van der Waals surface area contributed by atoms with Crippen LogP contribution in [0.25, 0.3) is 0 Å². The Morgan fingerprint density at radius 1 is 0.784 bits per heavy atom. The minimum atomic E-state index is -3.97. The van der Waals surface area contributed by atoms with E-state index >= 15 is 0 Å². The second-order valence-corrected chi connectivity index (χ2v) is 13.5. The third kappa shape index (κ3) is 5.89. The predicted molar refractivity (Wildman–Crippen MR) is 154 cm³/mol. The zero-order valence-corrected chi connectivity index (χ0v) is 22.1. The second kappa shape index (κ2) is 12.1. The van der Waals surface area contributed by atoms with E-state index in [2.05, 4.69) is 11.6 Å². The first-order valence-corrected chi connectivity index (χ1v) is 15.2. The molecule has 0 fully saturated rings. The molecule has 4 rings (SSSR count). The van der Waals surface area contributed by atoms with Crippen molar-refractivity contribution in [1.29, 1.82) is 0 Å². The number of hydrogen-bond donors (Lipinski definition) is 0. The average Bonchev–Trinajstić information content (AvgIpc) is 2.96. The highest BCUT2D eigenvalue weighted by atomic mass is 32.2. The summed E-state index contributed by atoms with van der Waals surface area (Å²) in [6.45, 7) is 1.02. The largest absolute Gasteiger partial charge is 0.293 e. The Kier molecular flexibility index (Phi) is 8.67. The zero-order chi connectivity index (χ0) is 26.1. The van der Waals surface area contributed by atoms with Gasteiger partial charge >= 0.3 is 0 Å². The van der Waals surface area contributed by atoms with E-state index in [0.29, 0.717) is 6.42 Å². The molecule has 0 unspecified atom stereocenters. The molecule has 0 aliphatic carbocycles. The van der Waals surface area contributed by atoms with Crippen molar-refractivity contribution in [2.24, 2.45) is 0 Å². The lowest BCUT2D eigenvalue weighted by atomic mass is 10.3. The van der Waals surface area contributed by atoms with Crippen molar-refractivity contribution in [3.63, 3.8) is 0 Å². The molecule has 0 spiro atoms. The van der Waals surface area contributed by atoms with E-state index in [9.17, 15) is 13.2 Å². The fourth-order valence-electron chi connectivity index (χ4n) is 4.24. The van der Waals surface area contributed by atoms with Crippen LogP contribution in [0, 0.1) is 0 Å². The quantitative estimate of drug-likeness (QED) is 0.218. The van der Waals surface area contributed by atoms with E-state index in [4.69, 9.17) is 0 Å². The summed E-state index contributed by atoms with van der Waals surface area (Å²) in [4.78, 5) is 17.9. The molecule has 0 N–H and O–H groups in total. The number of hydrogen-bond acceptors (Lipinski definition) is 4. The molecule has 0 bridgehead atoms. The third-order valence-corrected chi connectivity index (χ3v) is 11.8. The van der Waals surface area contributed by atoms with Crippen molar-refractivity contribution in [1.82, 2.24) is 9.29 Å². The molecule has 1 heterocycles. The Morgan fingerprint density at radius 3 is 1.70 bits per heavy atom. The van der Waals surface area contributed by atoms with Crippen molar-refractivity contribution in [3.05, 3.63) is 128 Å². The van der Waals surface area contributed by atoms with Crippen LogP contribution in [0.1, 0.15) is 6.42 Å². The third-order valence-electron chi connectivity index (χ3n) is 5.98. The number of benzene rings is 3. The van der Waals surface area contributed by atoms with Gasteiger partial charge in [-0.1, -0.05) is 103 Å². The van der Waals surface area contributed by atoms with E-state index in [-0.39, 0.29) is 23.9 Å². The van der Waals surface area contributed by atoms with Crippen LogP contribution in [0.2, 0.25) is 0 Å². The Labute approximate surface area is 219 Å². The van der Waals surface area contributed by atoms with Crippen LogP contribution in [0.5, 0.6) is 0 Å². The number of carbonyl (C=O) groups is 1. The Morgan fingerprint density at radius 2 is 1.27 bits per heavy atom. The van der Waals surface area contributed by atoms with Gasteiger partial charge in [0.1, 0.15) is 0 Å². The van der Waals surface area contributed by atoms with Crippen LogP contribution in [-0.2, 0) is 14.8 Å². The number of pyridine rings is 1. The summed E-state index contributed by atoms with van der Waals surface area (Å²) in [6.07, 6.45) is 3.49. The molecule has 0 amide bonds. The van der Waals surface area contributed by atoms with Crippen molar-refractivity contribution in [2.45, 2.75) is 11.4 Å². The topological polar surface area (TPSA) is 67.3 Å². The molecule has 0 saturated carbocycles. The lowest BCUT2D eigenvalue weighted by molar-refractivity contribution is -0.112. The van der Waals surface area contributed by atoms with Gasteiger partial charge in [-0.15, -0.1) is 6.58 Å². The first-order valence-electron chi connectivity index (χ1n) is 11.9. The van der Waals surface area contributed by atoms with E-state index < -0.39 is 16.9 Å². The molecule has 0 aliphatic heterocycles. The van der Waals surface area contributed by atoms with Crippen molar-refractivity contribution in [2.75, 3.05) is 13.1 Å². The van der Waals surface area contributed by atoms with Crippen molar-refractivity contribution in [3.8, 4) is 0 Å². The number of ketones is 1. The molecule has 1 aromatic heterocycles. The summed E-state index contributed by atoms with van der Waals surface area (Å²) < 4.78 is 28.0. The van der Waals surface area contributed by atoms with Gasteiger partial charge < -0.3 is 0 Å². The summed E-state index contributed by atoms with van der Waals surface area (Å²) in [6, 6.07) is 34.6. The number of carbonyl (C=O) groups excluding carboxylic acids is 1. The highest BCUT2D eigenvalue weighted by Gasteiger charge is 2.30. The zero-order valence-electron chi connectivity index (χ0n) is 20.4. The Hall–Kier alpha value is -3.57. The molecule has 0 atom stereocenters. The smallest absolute Gasteiger partial charge is 0.260 e. The van der Waals surface area contributed by atoms with Crippen LogP contribution in [-0.4, -0.2) is 42.4 Å². The predicted octanol–water partition coefficient (Wildman–Crippen LogP) is 4.01. The van der Waals surface area contributed by atoms with Crippen LogP contribution < -0.4 is 15.9 Å². The molecule has 5 nitrogen and oxygen atoms in total. The van der Waals surface area contributed by atoms with Gasteiger partial charge in [-0.25, -0.2) is 13.4 Å². The van der Waals surface area contributed by atoms with Crippen LogP contribution in [0.15, 0.2) is 133 Å². The summed E-state index contributed by atoms with van der Waals surface area (Å²) in [5.41, 5.74) is 0. The number of aromatic nitrogens is 1. The normalized spacial score (nSPS) is 11.7. The van der Waals surface area contributed by atoms with Crippen molar-refractivity contribution >= 4 is 44.4 Å². The summed E-state index contributed by atoms with van der Waals surface area (Å²) >= 11 is 0. The number of rotatable bonds is 11. The fraction of sp³-hybridized carbons (Fsp3) is 0.100. The van der Waals surface area contributed by atoms with Crippen LogP contribution in [0.4, 0.5) is 0 Å². The average molecular weight is 529 g/mol. The highest BCUT2D eigenvalue weighted by molar-refractivity contribution is 7.95. The first kappa shape index (κ1) is 26.5. The van der Waals surface area contributed by atoms with Gasteiger partial charge in [-0.2, -0.15) is 4.31 Å². The SMILES string of the molecule is C=CCCN(CC(=O)C=P(c1ccccc1)(c1ccccc1)c1ccccc1)S(=O)(=O)c1ccccn1. The summed E-state index contributed by atoms with van der Waals surface area (Å²) in [5.74, 6) is 1.50. The van der Waals surface area contributed by atoms with E-state index in [1.807, 2.05) is 91.0 Å². The van der Waals surface area contributed by atoms with Gasteiger partial charge in [-0.3, -0.25) is 4.79 Å². The van der Waals surface area contributed by atoms with Gasteiger partial charge in [0.15, 0.2) is 10.8 Å². The molecule has 188 valence electrons. The van der Waals surface area contributed by atoms with Crippen LogP contribution >= 0.6 is 6.89 Å². The molecular formula is C30H29N2O3PS. The lowest BCUT2D eigenvalue weighted by Crippen LogP contribution is -2.38. The molecule has 4 aromatic rings. The molecule has 0 saturated heterocycles. The second-order valence-electron chi connectivity index (χ2n) is 8.41. The first-order chi connectivity index (χ1) is 18.0. The van der Waals surface area contributed by atoms with Gasteiger partial charge in [0.05, 0.1) is 6.54 Å². The maximum Gasteiger partial charge on any atom is 0.260 e. The minimum absolute atomic E-state index is 0.0814. The monoisotopic (exact) mass is 528 g/mol.